The van der Waals surface area contributed by atoms with E-state index in [1.807, 2.05) is 0 Å². The molecule has 0 radical (unpaired) electrons. The molecule has 3 heterocycles. The second-order valence-corrected chi connectivity index (χ2v) is 7.84. The van der Waals surface area contributed by atoms with E-state index in [0.717, 1.165) is 6.54 Å². The molecule has 0 N–H and O–H groups in total. The molecule has 0 spiro atoms. The normalized spacial score (nSPS) is 13.7. The summed E-state index contributed by atoms with van der Waals surface area (Å²) in [5, 5.41) is 7.49. The first kappa shape index (κ1) is 11.5. The molecule has 0 bridgehead atoms. The Labute approximate surface area is 124 Å². The van der Waals surface area contributed by atoms with Crippen molar-refractivity contribution in [3.8, 4) is 5.30 Å². The number of rotatable bonds is 0. The summed E-state index contributed by atoms with van der Waals surface area (Å²) in [6.45, 7) is 3.24. The number of hydrogen-bond acceptors (Lipinski definition) is 0. The average molecular weight is 288 g/mol. The molecule has 100 valence electrons. The van der Waals surface area contributed by atoms with Crippen LogP contribution in [-0.4, -0.2) is 0 Å². The van der Waals surface area contributed by atoms with Gasteiger partial charge in [-0.25, -0.2) is 0 Å². The van der Waals surface area contributed by atoms with E-state index < -0.39 is 0 Å². The van der Waals surface area contributed by atoms with Gasteiger partial charge < -0.3 is 0 Å². The number of pyridine rings is 1. The van der Waals surface area contributed by atoms with Crippen LogP contribution in [-0.2, 0) is 6.54 Å². The highest BCUT2D eigenvalue weighted by Crippen LogP contribution is 2.56. The van der Waals surface area contributed by atoms with Crippen molar-refractivity contribution in [2.24, 2.45) is 0 Å². The van der Waals surface area contributed by atoms with Gasteiger partial charge in [0.2, 0.25) is 5.25 Å². The van der Waals surface area contributed by atoms with E-state index in [9.17, 15) is 0 Å². The third-order valence-corrected chi connectivity index (χ3v) is 7.32. The molecule has 0 aliphatic carbocycles. The second-order valence-electron chi connectivity index (χ2n) is 5.78. The Balaban J connectivity index is 2.13. The molecule has 2 aromatic carbocycles. The molecule has 0 saturated carbocycles. The van der Waals surface area contributed by atoms with E-state index in [1.165, 1.54) is 27.1 Å². The molecule has 1 atom stereocenters. The molecule has 1 unspecified atom stereocenters. The van der Waals surface area contributed by atoms with Crippen molar-refractivity contribution in [2.75, 3.05) is 0 Å². The van der Waals surface area contributed by atoms with E-state index in [4.69, 9.17) is 0 Å². The van der Waals surface area contributed by atoms with Crippen molar-refractivity contribution in [3.63, 3.8) is 0 Å². The lowest BCUT2D eigenvalue weighted by molar-refractivity contribution is -0.667. The van der Waals surface area contributed by atoms with Crippen LogP contribution in [0, 0.1) is 6.92 Å². The predicted octanol–water partition coefficient (Wildman–Crippen LogP) is 4.93. The van der Waals surface area contributed by atoms with Gasteiger partial charge in [0.25, 0.3) is 0 Å². The molecule has 1 aliphatic heterocycles. The number of aromatic nitrogens is 1. The molecule has 4 aromatic rings. The summed E-state index contributed by atoms with van der Waals surface area (Å²) in [6.07, 6.45) is 0. The van der Waals surface area contributed by atoms with Crippen LogP contribution in [0.3, 0.4) is 0 Å². The van der Waals surface area contributed by atoms with Crippen molar-refractivity contribution in [3.05, 3.63) is 71.9 Å². The Bertz CT molecular complexity index is 1030. The largest absolute Gasteiger partial charge is 0.235 e. The minimum absolute atomic E-state index is 0.378. The van der Waals surface area contributed by atoms with Gasteiger partial charge in [0.15, 0.2) is 12.2 Å². The molecule has 0 fully saturated rings. The average Bonchev–Trinajstić information content (AvgIpc) is 2.87. The fourth-order valence-electron chi connectivity index (χ4n) is 3.62. The van der Waals surface area contributed by atoms with Crippen molar-refractivity contribution < 1.29 is 4.57 Å². The van der Waals surface area contributed by atoms with Crippen LogP contribution in [0.2, 0.25) is 0 Å². The lowest BCUT2D eigenvalue weighted by Gasteiger charge is -2.14. The van der Waals surface area contributed by atoms with Crippen molar-refractivity contribution in [1.82, 2.24) is 0 Å². The molecule has 0 amide bonds. The van der Waals surface area contributed by atoms with Gasteiger partial charge in [-0.2, -0.15) is 4.57 Å². The Hall–Kier alpha value is -2.11. The maximum Gasteiger partial charge on any atom is 0.235 e. The smallest absolute Gasteiger partial charge is 0.188 e. The van der Waals surface area contributed by atoms with Crippen molar-refractivity contribution >= 4 is 28.7 Å². The summed E-state index contributed by atoms with van der Waals surface area (Å²) in [6, 6.07) is 22.5. The molecule has 5 rings (SSSR count). The maximum absolute atomic E-state index is 2.53. The van der Waals surface area contributed by atoms with Crippen LogP contribution in [0.4, 0.5) is 0 Å². The van der Waals surface area contributed by atoms with Gasteiger partial charge in [0.05, 0.1) is 5.39 Å². The Kier molecular flexibility index (Phi) is 2.18. The van der Waals surface area contributed by atoms with Crippen molar-refractivity contribution in [2.45, 2.75) is 13.5 Å². The third kappa shape index (κ3) is 1.40. The molecular weight excluding hydrogens is 273 g/mol. The molecule has 1 aliphatic rings. The molecule has 1 nitrogen and oxygen atoms in total. The summed E-state index contributed by atoms with van der Waals surface area (Å²) in [4.78, 5) is 0. The molecule has 2 heteroatoms. The Morgan fingerprint density at radius 2 is 1.67 bits per heavy atom. The van der Waals surface area contributed by atoms with Crippen LogP contribution in [0.15, 0.2) is 60.7 Å². The second kappa shape index (κ2) is 3.96. The quantitative estimate of drug-likeness (QED) is 0.356. The zero-order valence-corrected chi connectivity index (χ0v) is 12.8. The number of nitrogens with zero attached hydrogens (tertiary/aromatic N) is 1. The fraction of sp³-hybridized carbons (Fsp3) is 0.105. The first-order chi connectivity index (χ1) is 10.3. The summed E-state index contributed by atoms with van der Waals surface area (Å²) in [5.74, 6) is 0. The number of hydrogen-bond donors (Lipinski definition) is 0. The minimum Gasteiger partial charge on any atom is -0.188 e. The van der Waals surface area contributed by atoms with Gasteiger partial charge in [-0.1, -0.05) is 36.4 Å². The zero-order valence-electron chi connectivity index (χ0n) is 11.9. The number of benzene rings is 2. The molecule has 2 aromatic heterocycles. The van der Waals surface area contributed by atoms with E-state index in [-0.39, 0.29) is 7.53 Å². The van der Waals surface area contributed by atoms with Crippen LogP contribution >= 0.6 is 7.53 Å². The van der Waals surface area contributed by atoms with Gasteiger partial charge in [0, 0.05) is 34.4 Å². The highest BCUT2D eigenvalue weighted by atomic mass is 31.1. The summed E-state index contributed by atoms with van der Waals surface area (Å²) in [5.41, 5.74) is 2.85. The van der Waals surface area contributed by atoms with Gasteiger partial charge in [-0.05, 0) is 25.7 Å². The topological polar surface area (TPSA) is 3.88 Å². The van der Waals surface area contributed by atoms with Gasteiger partial charge >= 0.3 is 0 Å². The number of aryl methyl sites for hydroxylation is 1. The molecule has 0 saturated heterocycles. The third-order valence-electron chi connectivity index (χ3n) is 4.62. The number of fused-ring (bicyclic) bond motifs is 5. The first-order valence-electron chi connectivity index (χ1n) is 7.35. The Morgan fingerprint density at radius 1 is 0.857 bits per heavy atom. The van der Waals surface area contributed by atoms with Crippen LogP contribution < -0.4 is 4.57 Å². The van der Waals surface area contributed by atoms with Crippen molar-refractivity contribution in [1.29, 1.82) is 0 Å². The van der Waals surface area contributed by atoms with Gasteiger partial charge in [-0.3, -0.25) is 0 Å². The standard InChI is InChI=1S/C19H15NP/c1-13-10-11-16-15-7-3-5-9-18(15)21-17-8-4-2-6-14(17)12-20(13)19(16)21/h2-11H,12H2,1H3/q+1. The molecule has 21 heavy (non-hydrogen) atoms. The van der Waals surface area contributed by atoms with E-state index >= 15 is 0 Å². The fourth-order valence-corrected chi connectivity index (χ4v) is 6.58. The Morgan fingerprint density at radius 3 is 2.62 bits per heavy atom. The maximum atomic E-state index is 2.53. The van der Waals surface area contributed by atoms with E-state index in [2.05, 4.69) is 72.2 Å². The lowest BCUT2D eigenvalue weighted by Crippen LogP contribution is -2.39. The first-order valence-corrected chi connectivity index (χ1v) is 8.69. The van der Waals surface area contributed by atoms with E-state index in [1.54, 1.807) is 10.6 Å². The monoisotopic (exact) mass is 288 g/mol. The summed E-state index contributed by atoms with van der Waals surface area (Å²) >= 11 is 0. The SMILES string of the molecule is Cc1ccc2c3ccccc3p3c2[n+]1Cc1ccccc1-3. The van der Waals surface area contributed by atoms with Crippen LogP contribution in [0.25, 0.3) is 26.4 Å². The van der Waals surface area contributed by atoms with Crippen LogP contribution in [0.1, 0.15) is 11.3 Å². The molecular formula is C19H15NP+. The lowest BCUT2D eigenvalue weighted by atomic mass is 10.1. The van der Waals surface area contributed by atoms with Gasteiger partial charge in [-0.15, -0.1) is 0 Å². The van der Waals surface area contributed by atoms with E-state index in [0.29, 0.717) is 0 Å². The summed E-state index contributed by atoms with van der Waals surface area (Å²) in [7, 11) is -0.378. The minimum atomic E-state index is -0.378. The highest BCUT2D eigenvalue weighted by Gasteiger charge is 2.29. The summed E-state index contributed by atoms with van der Waals surface area (Å²) < 4.78 is 2.53. The highest BCUT2D eigenvalue weighted by molar-refractivity contribution is 7.67. The predicted molar refractivity (Wildman–Crippen MR) is 89.5 cm³/mol. The van der Waals surface area contributed by atoms with Crippen LogP contribution in [0.5, 0.6) is 0 Å². The van der Waals surface area contributed by atoms with Gasteiger partial charge in [0.1, 0.15) is 0 Å². The zero-order chi connectivity index (χ0) is 14.0.